The molecule has 31 heavy (non-hydrogen) atoms. The number of nitrogens with zero attached hydrogens (tertiary/aromatic N) is 2. The van der Waals surface area contributed by atoms with Crippen LogP contribution in [0, 0.1) is 11.3 Å². The maximum Gasteiger partial charge on any atom is 0.251 e. The second-order valence-electron chi connectivity index (χ2n) is 7.43. The Balaban J connectivity index is 1.62. The van der Waals surface area contributed by atoms with E-state index in [0.717, 1.165) is 23.3 Å². The summed E-state index contributed by atoms with van der Waals surface area (Å²) in [7, 11) is -3.87. The third-order valence-electron chi connectivity index (χ3n) is 5.40. The van der Waals surface area contributed by atoms with Crippen LogP contribution in [0.15, 0.2) is 64.7 Å². The second-order valence-corrected chi connectivity index (χ2v) is 10.5. The molecule has 1 aliphatic heterocycles. The van der Waals surface area contributed by atoms with Crippen molar-refractivity contribution in [3.8, 4) is 10.4 Å². The molecule has 1 saturated heterocycles. The molecule has 4 rings (SSSR count). The molecule has 1 fully saturated rings. The van der Waals surface area contributed by atoms with Gasteiger partial charge in [-0.25, -0.2) is 8.42 Å². The molecule has 0 radical (unpaired) electrons. The predicted octanol–water partition coefficient (Wildman–Crippen LogP) is 2.13. The van der Waals surface area contributed by atoms with Crippen LogP contribution in [0.1, 0.15) is 12.8 Å². The van der Waals surface area contributed by atoms with E-state index in [1.54, 1.807) is 36.7 Å². The molecule has 8 nitrogen and oxygen atoms in total. The molecule has 2 aliphatic rings. The van der Waals surface area contributed by atoms with Gasteiger partial charge in [-0.2, -0.15) is 4.72 Å². The highest BCUT2D eigenvalue weighted by Crippen LogP contribution is 2.31. The summed E-state index contributed by atoms with van der Waals surface area (Å²) in [5, 5.41) is 7.66. The van der Waals surface area contributed by atoms with Gasteiger partial charge in [0, 0.05) is 17.3 Å². The minimum absolute atomic E-state index is 0.104. The minimum atomic E-state index is -3.87. The minimum Gasteiger partial charge on any atom is -0.384 e. The molecule has 2 atom stereocenters. The monoisotopic (exact) mass is 457 g/mol. The lowest BCUT2D eigenvalue weighted by atomic mass is 9.89. The number of carbonyl (C=O) groups excluding carboxylic acids is 1. The van der Waals surface area contributed by atoms with Gasteiger partial charge in [-0.15, -0.1) is 11.3 Å². The van der Waals surface area contributed by atoms with Crippen LogP contribution >= 0.6 is 11.3 Å². The first-order valence-corrected chi connectivity index (χ1v) is 12.2. The van der Waals surface area contributed by atoms with Gasteiger partial charge in [0.1, 0.15) is 10.0 Å². The van der Waals surface area contributed by atoms with Gasteiger partial charge in [0.2, 0.25) is 0 Å². The van der Waals surface area contributed by atoms with Crippen molar-refractivity contribution in [1.29, 1.82) is 5.41 Å². The molecule has 1 aliphatic carbocycles. The number of amidine groups is 1. The number of hydrogen-bond acceptors (Lipinski definition) is 7. The molecule has 2 aromatic rings. The van der Waals surface area contributed by atoms with Gasteiger partial charge in [0.25, 0.3) is 10.0 Å². The highest BCUT2D eigenvalue weighted by atomic mass is 32.2. The molecule has 0 aromatic carbocycles. The predicted molar refractivity (Wildman–Crippen MR) is 120 cm³/mol. The summed E-state index contributed by atoms with van der Waals surface area (Å²) < 4.78 is 29.4. The third-order valence-corrected chi connectivity index (χ3v) is 8.46. The summed E-state index contributed by atoms with van der Waals surface area (Å²) in [6, 6.07) is 6.98. The van der Waals surface area contributed by atoms with Gasteiger partial charge >= 0.3 is 0 Å². The maximum absolute atomic E-state index is 13.3. The fourth-order valence-electron chi connectivity index (χ4n) is 3.84. The fraction of sp³-hybridized carbons (Fsp3) is 0.286. The first-order valence-electron chi connectivity index (χ1n) is 9.90. The highest BCUT2D eigenvalue weighted by molar-refractivity contribution is 7.91. The molecule has 1 unspecified atom stereocenters. The summed E-state index contributed by atoms with van der Waals surface area (Å²) in [6.07, 6.45) is 9.28. The topological polar surface area (TPSA) is 129 Å². The Morgan fingerprint density at radius 3 is 2.61 bits per heavy atom. The zero-order valence-corrected chi connectivity index (χ0v) is 18.3. The second kappa shape index (κ2) is 8.83. The summed E-state index contributed by atoms with van der Waals surface area (Å²) in [4.78, 5) is 19.8. The van der Waals surface area contributed by atoms with E-state index in [1.165, 1.54) is 17.4 Å². The van der Waals surface area contributed by atoms with Crippen molar-refractivity contribution < 1.29 is 13.2 Å². The summed E-state index contributed by atoms with van der Waals surface area (Å²) in [5.74, 6) is -1.42. The van der Waals surface area contributed by atoms with E-state index in [4.69, 9.17) is 11.1 Å². The molecule has 0 amide bonds. The number of ketones is 1. The van der Waals surface area contributed by atoms with Crippen molar-refractivity contribution in [3.05, 3.63) is 60.5 Å². The van der Waals surface area contributed by atoms with Gasteiger partial charge in [-0.3, -0.25) is 20.1 Å². The normalized spacial score (nSPS) is 20.6. The Morgan fingerprint density at radius 2 is 1.94 bits per heavy atom. The molecule has 0 bridgehead atoms. The smallest absolute Gasteiger partial charge is 0.251 e. The number of Topliss-reactive ketones (excluding diaryl/α,β-unsaturated/α-hetero) is 1. The van der Waals surface area contributed by atoms with Crippen LogP contribution in [-0.4, -0.2) is 49.2 Å². The summed E-state index contributed by atoms with van der Waals surface area (Å²) in [6.45, 7) is 1.38. The largest absolute Gasteiger partial charge is 0.384 e. The molecule has 3 heterocycles. The maximum atomic E-state index is 13.3. The lowest BCUT2D eigenvalue weighted by Gasteiger charge is -2.33. The van der Waals surface area contributed by atoms with Crippen molar-refractivity contribution in [2.24, 2.45) is 11.7 Å². The Labute approximate surface area is 185 Å². The van der Waals surface area contributed by atoms with E-state index in [-0.39, 0.29) is 21.4 Å². The molecular weight excluding hydrogens is 434 g/mol. The van der Waals surface area contributed by atoms with Crippen LogP contribution in [0.2, 0.25) is 0 Å². The quantitative estimate of drug-likeness (QED) is 0.431. The summed E-state index contributed by atoms with van der Waals surface area (Å²) in [5.41, 5.74) is 6.55. The first-order chi connectivity index (χ1) is 14.9. The number of aromatic nitrogens is 1. The van der Waals surface area contributed by atoms with E-state index < -0.39 is 22.1 Å². The average molecular weight is 458 g/mol. The van der Waals surface area contributed by atoms with Crippen LogP contribution in [0.5, 0.6) is 0 Å². The zero-order valence-electron chi connectivity index (χ0n) is 16.7. The number of pyridine rings is 1. The van der Waals surface area contributed by atoms with E-state index in [0.29, 0.717) is 13.1 Å². The lowest BCUT2D eigenvalue weighted by molar-refractivity contribution is -0.119. The molecule has 10 heteroatoms. The van der Waals surface area contributed by atoms with E-state index >= 15 is 0 Å². The van der Waals surface area contributed by atoms with Gasteiger partial charge in [-0.1, -0.05) is 12.2 Å². The standard InChI is InChI=1S/C21H23N5O3S2/c22-20(23)15-4-3-5-16(19(15)27)21(26-12-1-2-13-26)25-31(28,29)18-7-6-17(30-18)14-8-10-24-11-9-14/h3-11,16,21,25H,1-2,12-13H2,(H3,22,23)/t16-,21?/m1/s1. The number of carbonyl (C=O) groups is 1. The van der Waals surface area contributed by atoms with Crippen LogP contribution in [0.25, 0.3) is 10.4 Å². The van der Waals surface area contributed by atoms with Crippen LogP contribution in [-0.2, 0) is 14.8 Å². The van der Waals surface area contributed by atoms with Gasteiger partial charge in [-0.05, 0) is 61.8 Å². The Hall–Kier alpha value is -2.66. The number of likely N-dealkylation sites (tertiary alicyclic amines) is 1. The van der Waals surface area contributed by atoms with Crippen molar-refractivity contribution in [2.75, 3.05) is 13.1 Å². The van der Waals surface area contributed by atoms with Crippen LogP contribution in [0.3, 0.4) is 0 Å². The van der Waals surface area contributed by atoms with Gasteiger partial charge in [0.05, 0.1) is 17.7 Å². The summed E-state index contributed by atoms with van der Waals surface area (Å²) >= 11 is 1.17. The number of nitrogens with one attached hydrogen (secondary N) is 2. The van der Waals surface area contributed by atoms with Crippen LogP contribution in [0.4, 0.5) is 0 Å². The van der Waals surface area contributed by atoms with Crippen molar-refractivity contribution in [1.82, 2.24) is 14.6 Å². The molecular formula is C21H23N5O3S2. The zero-order chi connectivity index (χ0) is 22.0. The van der Waals surface area contributed by atoms with Gasteiger partial charge < -0.3 is 5.73 Å². The fourth-order valence-corrected chi connectivity index (χ4v) is 6.41. The number of rotatable bonds is 7. The third kappa shape index (κ3) is 4.52. The number of hydrogen-bond donors (Lipinski definition) is 3. The number of allylic oxidation sites excluding steroid dienone is 2. The Bertz CT molecular complexity index is 1150. The van der Waals surface area contributed by atoms with Crippen molar-refractivity contribution in [3.63, 3.8) is 0 Å². The number of nitrogens with two attached hydrogens (primary N) is 1. The van der Waals surface area contributed by atoms with E-state index in [2.05, 4.69) is 9.71 Å². The highest BCUT2D eigenvalue weighted by Gasteiger charge is 2.38. The van der Waals surface area contributed by atoms with Gasteiger partial charge in [0.15, 0.2) is 5.78 Å². The molecule has 0 saturated carbocycles. The van der Waals surface area contributed by atoms with Crippen LogP contribution < -0.4 is 10.5 Å². The average Bonchev–Trinajstić information content (AvgIpc) is 3.45. The van der Waals surface area contributed by atoms with E-state index in [1.807, 2.05) is 17.0 Å². The molecule has 162 valence electrons. The van der Waals surface area contributed by atoms with Crippen molar-refractivity contribution in [2.45, 2.75) is 23.2 Å². The van der Waals surface area contributed by atoms with E-state index in [9.17, 15) is 13.2 Å². The van der Waals surface area contributed by atoms with Crippen molar-refractivity contribution >= 4 is 33.0 Å². The SMILES string of the molecule is N=C(N)C1=CC=C[C@@H](C(NS(=O)(=O)c2ccc(-c3ccncc3)s2)N2CCCC2)C1=O. The first kappa shape index (κ1) is 21.6. The lowest BCUT2D eigenvalue weighted by Crippen LogP contribution is -2.53. The Kier molecular flexibility index (Phi) is 6.15. The molecule has 4 N–H and O–H groups in total. The number of sulfonamides is 1. The molecule has 2 aromatic heterocycles. The molecule has 0 spiro atoms. The Morgan fingerprint density at radius 1 is 1.23 bits per heavy atom. The number of thiophene rings is 1.